The van der Waals surface area contributed by atoms with Crippen molar-refractivity contribution in [3.05, 3.63) is 0 Å². The zero-order chi connectivity index (χ0) is 10.3. The second-order valence-electron chi connectivity index (χ2n) is 3.23. The molecule has 0 saturated heterocycles. The number of aliphatic hydroxyl groups is 1. The Labute approximate surface area is 79.3 Å². The fraction of sp³-hybridized carbons (Fsp3) is 0.889. The minimum Gasteiger partial charge on any atom is -0.391 e. The monoisotopic (exact) mass is 189 g/mol. The summed E-state index contributed by atoms with van der Waals surface area (Å²) in [5.41, 5.74) is 0. The molecule has 13 heavy (non-hydrogen) atoms. The molecule has 1 amide bonds. The summed E-state index contributed by atoms with van der Waals surface area (Å²) in [6, 6.07) is 0. The molecule has 0 rings (SSSR count). The first-order valence-electron chi connectivity index (χ1n) is 4.62. The number of carbonyl (C=O) groups is 1. The lowest BCUT2D eigenvalue weighted by Crippen LogP contribution is -2.34. The van der Waals surface area contributed by atoms with Gasteiger partial charge in [-0.15, -0.1) is 0 Å². The zero-order valence-corrected chi connectivity index (χ0v) is 8.54. The van der Waals surface area contributed by atoms with Crippen molar-refractivity contribution in [1.82, 2.24) is 5.32 Å². The maximum atomic E-state index is 11.0. The van der Waals surface area contributed by atoms with E-state index in [0.717, 1.165) is 0 Å². The Morgan fingerprint density at radius 3 is 2.62 bits per heavy atom. The highest BCUT2D eigenvalue weighted by atomic mass is 16.5. The van der Waals surface area contributed by atoms with Crippen LogP contribution in [0.15, 0.2) is 0 Å². The van der Waals surface area contributed by atoms with E-state index in [-0.39, 0.29) is 18.6 Å². The van der Waals surface area contributed by atoms with Crippen LogP contribution in [-0.4, -0.2) is 36.4 Å². The van der Waals surface area contributed by atoms with Crippen LogP contribution < -0.4 is 5.32 Å². The average molecular weight is 189 g/mol. The van der Waals surface area contributed by atoms with Gasteiger partial charge in [-0.05, 0) is 20.3 Å². The van der Waals surface area contributed by atoms with Gasteiger partial charge in [0.2, 0.25) is 5.91 Å². The quantitative estimate of drug-likeness (QED) is 0.631. The molecule has 0 radical (unpaired) electrons. The number of rotatable bonds is 6. The van der Waals surface area contributed by atoms with E-state index in [0.29, 0.717) is 13.0 Å². The van der Waals surface area contributed by atoms with Crippen LogP contribution >= 0.6 is 0 Å². The van der Waals surface area contributed by atoms with E-state index in [1.54, 1.807) is 0 Å². The van der Waals surface area contributed by atoms with Gasteiger partial charge in [-0.2, -0.15) is 0 Å². The molecule has 0 bridgehead atoms. The van der Waals surface area contributed by atoms with Crippen LogP contribution in [0.25, 0.3) is 0 Å². The summed E-state index contributed by atoms with van der Waals surface area (Å²) in [5, 5.41) is 11.7. The summed E-state index contributed by atoms with van der Waals surface area (Å²) in [7, 11) is 0. The minimum absolute atomic E-state index is 0.0573. The Morgan fingerprint density at radius 1 is 1.54 bits per heavy atom. The maximum Gasteiger partial charge on any atom is 0.246 e. The molecule has 0 aromatic heterocycles. The highest BCUT2D eigenvalue weighted by molar-refractivity contribution is 5.77. The van der Waals surface area contributed by atoms with Gasteiger partial charge >= 0.3 is 0 Å². The molecule has 0 aliphatic heterocycles. The molecule has 4 nitrogen and oxygen atoms in total. The van der Waals surface area contributed by atoms with E-state index in [2.05, 4.69) is 5.32 Å². The summed E-state index contributed by atoms with van der Waals surface area (Å²) < 4.78 is 5.08. The second-order valence-corrected chi connectivity index (χ2v) is 3.23. The molecule has 1 unspecified atom stereocenters. The molecule has 0 spiro atoms. The van der Waals surface area contributed by atoms with E-state index in [1.165, 1.54) is 0 Å². The highest BCUT2D eigenvalue weighted by Gasteiger charge is 2.05. The van der Waals surface area contributed by atoms with E-state index in [9.17, 15) is 4.79 Å². The number of aliphatic hydroxyl groups excluding tert-OH is 1. The first-order chi connectivity index (χ1) is 6.06. The lowest BCUT2D eigenvalue weighted by Gasteiger charge is -2.10. The van der Waals surface area contributed by atoms with Crippen molar-refractivity contribution in [2.45, 2.75) is 39.4 Å². The smallest absolute Gasteiger partial charge is 0.246 e. The number of nitrogens with one attached hydrogen (secondary N) is 1. The van der Waals surface area contributed by atoms with E-state index in [4.69, 9.17) is 9.84 Å². The molecular weight excluding hydrogens is 170 g/mol. The molecule has 0 aromatic carbocycles. The highest BCUT2D eigenvalue weighted by Crippen LogP contribution is 1.88. The van der Waals surface area contributed by atoms with Gasteiger partial charge in [-0.3, -0.25) is 4.79 Å². The number of ether oxygens (including phenoxy) is 1. The molecule has 78 valence electrons. The van der Waals surface area contributed by atoms with Gasteiger partial charge in [-0.1, -0.05) is 6.92 Å². The van der Waals surface area contributed by atoms with E-state index >= 15 is 0 Å². The maximum absolute atomic E-state index is 11.0. The van der Waals surface area contributed by atoms with Crippen LogP contribution in [0.1, 0.15) is 27.2 Å². The molecule has 0 aliphatic carbocycles. The predicted molar refractivity (Wildman–Crippen MR) is 50.4 cm³/mol. The van der Waals surface area contributed by atoms with Crippen molar-refractivity contribution in [1.29, 1.82) is 0 Å². The Balaban J connectivity index is 3.40. The molecular formula is C9H19NO3. The molecule has 0 saturated carbocycles. The van der Waals surface area contributed by atoms with Crippen molar-refractivity contribution in [3.8, 4) is 0 Å². The summed E-state index contributed by atoms with van der Waals surface area (Å²) in [6.45, 7) is 5.97. The van der Waals surface area contributed by atoms with Crippen LogP contribution in [0, 0.1) is 0 Å². The van der Waals surface area contributed by atoms with Gasteiger partial charge in [0.1, 0.15) is 6.61 Å². The van der Waals surface area contributed by atoms with Crippen molar-refractivity contribution < 1.29 is 14.6 Å². The standard InChI is InChI=1S/C9H19NO3/c1-4-8(11)5-10-9(12)6-13-7(2)3/h7-8,11H,4-6H2,1-3H3,(H,10,12). The fourth-order valence-corrected chi connectivity index (χ4v) is 0.669. The van der Waals surface area contributed by atoms with Crippen LogP contribution in [0.4, 0.5) is 0 Å². The van der Waals surface area contributed by atoms with Crippen molar-refractivity contribution in [2.24, 2.45) is 0 Å². The first-order valence-corrected chi connectivity index (χ1v) is 4.62. The number of hydrogen-bond acceptors (Lipinski definition) is 3. The molecule has 0 aliphatic rings. The van der Waals surface area contributed by atoms with Gasteiger partial charge in [0.05, 0.1) is 12.2 Å². The molecule has 0 heterocycles. The Bertz CT molecular complexity index is 148. The number of hydrogen-bond donors (Lipinski definition) is 2. The Kier molecular flexibility index (Phi) is 6.54. The lowest BCUT2D eigenvalue weighted by atomic mass is 10.3. The molecule has 2 N–H and O–H groups in total. The second kappa shape index (κ2) is 6.86. The topological polar surface area (TPSA) is 58.6 Å². The zero-order valence-electron chi connectivity index (χ0n) is 8.54. The van der Waals surface area contributed by atoms with E-state index < -0.39 is 6.10 Å². The van der Waals surface area contributed by atoms with Gasteiger partial charge in [0.25, 0.3) is 0 Å². The molecule has 0 aromatic rings. The van der Waals surface area contributed by atoms with Crippen molar-refractivity contribution in [3.63, 3.8) is 0 Å². The molecule has 0 fully saturated rings. The predicted octanol–water partition coefficient (Wildman–Crippen LogP) is 0.298. The normalized spacial score (nSPS) is 13.0. The minimum atomic E-state index is -0.456. The SMILES string of the molecule is CCC(O)CNC(=O)COC(C)C. The fourth-order valence-electron chi connectivity index (χ4n) is 0.669. The van der Waals surface area contributed by atoms with Gasteiger partial charge < -0.3 is 15.2 Å². The Morgan fingerprint density at radius 2 is 2.15 bits per heavy atom. The third-order valence-electron chi connectivity index (χ3n) is 1.55. The van der Waals surface area contributed by atoms with Gasteiger partial charge in [0.15, 0.2) is 0 Å². The summed E-state index contributed by atoms with van der Waals surface area (Å²) >= 11 is 0. The third-order valence-corrected chi connectivity index (χ3v) is 1.55. The largest absolute Gasteiger partial charge is 0.391 e. The van der Waals surface area contributed by atoms with E-state index in [1.807, 2.05) is 20.8 Å². The summed E-state index contributed by atoms with van der Waals surface area (Å²) in [4.78, 5) is 11.0. The van der Waals surface area contributed by atoms with Gasteiger partial charge in [0, 0.05) is 6.54 Å². The van der Waals surface area contributed by atoms with Crippen LogP contribution in [0.2, 0.25) is 0 Å². The lowest BCUT2D eigenvalue weighted by molar-refractivity contribution is -0.127. The number of amides is 1. The number of carbonyl (C=O) groups excluding carboxylic acids is 1. The van der Waals surface area contributed by atoms with Crippen molar-refractivity contribution >= 4 is 5.91 Å². The average Bonchev–Trinajstić information content (AvgIpc) is 2.10. The van der Waals surface area contributed by atoms with Crippen LogP contribution in [0.5, 0.6) is 0 Å². The van der Waals surface area contributed by atoms with Crippen molar-refractivity contribution in [2.75, 3.05) is 13.2 Å². The summed E-state index contributed by atoms with van der Waals surface area (Å²) in [6.07, 6.45) is 0.246. The molecule has 4 heteroatoms. The first kappa shape index (κ1) is 12.4. The third kappa shape index (κ3) is 7.74. The summed E-state index contributed by atoms with van der Waals surface area (Å²) in [5.74, 6) is -0.179. The molecule has 1 atom stereocenters. The van der Waals surface area contributed by atoms with Crippen LogP contribution in [-0.2, 0) is 9.53 Å². The Hall–Kier alpha value is -0.610. The van der Waals surface area contributed by atoms with Gasteiger partial charge in [-0.25, -0.2) is 0 Å². The van der Waals surface area contributed by atoms with Crippen LogP contribution in [0.3, 0.4) is 0 Å².